The number of hydrogen-bond donors (Lipinski definition) is 2. The molecule has 0 aliphatic carbocycles. The SMILES string of the molecule is CCN1CC[C@H](NCCNS(=O)(=O)c2ccc(C)s2)[C@@H](C)C1. The van der Waals surface area contributed by atoms with Crippen LogP contribution in [0.25, 0.3) is 0 Å². The zero-order valence-electron chi connectivity index (χ0n) is 13.6. The first-order chi connectivity index (χ1) is 10.4. The molecule has 2 N–H and O–H groups in total. The van der Waals surface area contributed by atoms with E-state index < -0.39 is 10.0 Å². The van der Waals surface area contributed by atoms with E-state index in [9.17, 15) is 8.42 Å². The number of thiophene rings is 1. The summed E-state index contributed by atoms with van der Waals surface area (Å²) >= 11 is 1.31. The Morgan fingerprint density at radius 1 is 1.36 bits per heavy atom. The molecular formula is C15H27N3O2S2. The van der Waals surface area contributed by atoms with Gasteiger partial charge >= 0.3 is 0 Å². The molecule has 1 aromatic rings. The lowest BCUT2D eigenvalue weighted by Crippen LogP contribution is -2.49. The molecule has 1 saturated heterocycles. The first-order valence-corrected chi connectivity index (χ1v) is 10.2. The van der Waals surface area contributed by atoms with Gasteiger partial charge < -0.3 is 10.2 Å². The van der Waals surface area contributed by atoms with Crippen LogP contribution in [-0.4, -0.2) is 52.1 Å². The molecule has 1 fully saturated rings. The number of piperidine rings is 1. The van der Waals surface area contributed by atoms with Gasteiger partial charge in [-0.1, -0.05) is 13.8 Å². The van der Waals surface area contributed by atoms with Gasteiger partial charge in [0.05, 0.1) is 0 Å². The second-order valence-corrected chi connectivity index (χ2v) is 9.26. The Labute approximate surface area is 138 Å². The predicted molar refractivity (Wildman–Crippen MR) is 91.9 cm³/mol. The van der Waals surface area contributed by atoms with Crippen LogP contribution in [0.3, 0.4) is 0 Å². The van der Waals surface area contributed by atoms with Crippen LogP contribution in [0.2, 0.25) is 0 Å². The Kier molecular flexibility index (Phi) is 6.40. The lowest BCUT2D eigenvalue weighted by molar-refractivity contribution is 0.154. The van der Waals surface area contributed by atoms with Crippen LogP contribution < -0.4 is 10.0 Å². The fourth-order valence-electron chi connectivity index (χ4n) is 2.89. The first kappa shape index (κ1) is 17.9. The number of nitrogens with one attached hydrogen (secondary N) is 2. The maximum absolute atomic E-state index is 12.1. The third kappa shape index (κ3) is 4.76. The number of hydrogen-bond acceptors (Lipinski definition) is 5. The first-order valence-electron chi connectivity index (χ1n) is 7.94. The maximum atomic E-state index is 12.1. The van der Waals surface area contributed by atoms with E-state index in [-0.39, 0.29) is 0 Å². The van der Waals surface area contributed by atoms with Crippen molar-refractivity contribution in [3.63, 3.8) is 0 Å². The highest BCUT2D eigenvalue weighted by Gasteiger charge is 2.24. The number of rotatable bonds is 7. The molecule has 2 rings (SSSR count). The molecule has 7 heteroatoms. The summed E-state index contributed by atoms with van der Waals surface area (Å²) < 4.78 is 27.3. The van der Waals surface area contributed by atoms with E-state index in [0.717, 1.165) is 30.9 Å². The fraction of sp³-hybridized carbons (Fsp3) is 0.733. The van der Waals surface area contributed by atoms with E-state index in [1.54, 1.807) is 6.07 Å². The highest BCUT2D eigenvalue weighted by molar-refractivity contribution is 7.91. The van der Waals surface area contributed by atoms with Crippen molar-refractivity contribution >= 4 is 21.4 Å². The van der Waals surface area contributed by atoms with Crippen molar-refractivity contribution in [2.45, 2.75) is 37.4 Å². The van der Waals surface area contributed by atoms with Crippen LogP contribution in [0.15, 0.2) is 16.3 Å². The Morgan fingerprint density at radius 2 is 2.14 bits per heavy atom. The summed E-state index contributed by atoms with van der Waals surface area (Å²) in [7, 11) is -3.35. The largest absolute Gasteiger partial charge is 0.312 e. The molecule has 2 atom stereocenters. The molecule has 0 aromatic carbocycles. The van der Waals surface area contributed by atoms with Gasteiger partial charge in [0.15, 0.2) is 0 Å². The molecule has 0 bridgehead atoms. The molecule has 126 valence electrons. The second-order valence-electron chi connectivity index (χ2n) is 5.98. The standard InChI is InChI=1S/C15H27N3O2S2/c1-4-18-10-7-14(12(2)11-18)16-8-9-17-22(19,20)15-6-5-13(3)21-15/h5-6,12,14,16-17H,4,7-11H2,1-3H3/t12-,14-/m0/s1. The normalized spacial score (nSPS) is 23.8. The Hall–Kier alpha value is -0.470. The number of aryl methyl sites for hydroxylation is 1. The minimum atomic E-state index is -3.35. The average Bonchev–Trinajstić information content (AvgIpc) is 2.92. The van der Waals surface area contributed by atoms with Crippen LogP contribution in [0, 0.1) is 12.8 Å². The van der Waals surface area contributed by atoms with E-state index in [4.69, 9.17) is 0 Å². The Bertz CT molecular complexity index is 571. The lowest BCUT2D eigenvalue weighted by atomic mass is 9.94. The molecule has 0 saturated carbocycles. The third-order valence-corrected chi connectivity index (χ3v) is 7.19. The lowest BCUT2D eigenvalue weighted by Gasteiger charge is -2.36. The maximum Gasteiger partial charge on any atom is 0.250 e. The molecule has 0 unspecified atom stereocenters. The highest BCUT2D eigenvalue weighted by Crippen LogP contribution is 2.20. The molecular weight excluding hydrogens is 318 g/mol. The van der Waals surface area contributed by atoms with Crippen molar-refractivity contribution in [1.82, 2.24) is 14.9 Å². The van der Waals surface area contributed by atoms with Gasteiger partial charge in [0.25, 0.3) is 0 Å². The molecule has 22 heavy (non-hydrogen) atoms. The van der Waals surface area contributed by atoms with Gasteiger partial charge in [-0.2, -0.15) is 0 Å². The third-order valence-electron chi connectivity index (χ3n) is 4.24. The quantitative estimate of drug-likeness (QED) is 0.738. The van der Waals surface area contributed by atoms with Crippen LogP contribution in [0.4, 0.5) is 0 Å². The molecule has 5 nitrogen and oxygen atoms in total. The summed E-state index contributed by atoms with van der Waals surface area (Å²) in [6.07, 6.45) is 1.13. The van der Waals surface area contributed by atoms with Crippen molar-refractivity contribution in [2.24, 2.45) is 5.92 Å². The summed E-state index contributed by atoms with van der Waals surface area (Å²) in [5, 5.41) is 3.50. The topological polar surface area (TPSA) is 61.4 Å². The predicted octanol–water partition coefficient (Wildman–Crippen LogP) is 1.65. The van der Waals surface area contributed by atoms with E-state index in [1.807, 2.05) is 13.0 Å². The highest BCUT2D eigenvalue weighted by atomic mass is 32.2. The van der Waals surface area contributed by atoms with Crippen LogP contribution in [-0.2, 0) is 10.0 Å². The van der Waals surface area contributed by atoms with Crippen molar-refractivity contribution in [3.05, 3.63) is 17.0 Å². The van der Waals surface area contributed by atoms with Crippen molar-refractivity contribution < 1.29 is 8.42 Å². The van der Waals surface area contributed by atoms with Crippen molar-refractivity contribution in [1.29, 1.82) is 0 Å². The number of sulfonamides is 1. The van der Waals surface area contributed by atoms with Crippen molar-refractivity contribution in [3.8, 4) is 0 Å². The summed E-state index contributed by atoms with van der Waals surface area (Å²) in [5.74, 6) is 0.602. The average molecular weight is 346 g/mol. The number of likely N-dealkylation sites (tertiary alicyclic amines) is 1. The fourth-order valence-corrected chi connectivity index (χ4v) is 5.25. The Balaban J connectivity index is 1.73. The summed E-state index contributed by atoms with van der Waals surface area (Å²) in [6, 6.07) is 3.98. The van der Waals surface area contributed by atoms with Gasteiger partial charge in [-0.25, -0.2) is 13.1 Å². The molecule has 0 spiro atoms. The Morgan fingerprint density at radius 3 is 2.73 bits per heavy atom. The van der Waals surface area contributed by atoms with Gasteiger partial charge in [-0.15, -0.1) is 11.3 Å². The molecule has 0 amide bonds. The summed E-state index contributed by atoms with van der Waals surface area (Å²) in [6.45, 7) is 10.8. The van der Waals surface area contributed by atoms with E-state index in [2.05, 4.69) is 28.8 Å². The molecule has 0 radical (unpaired) electrons. The summed E-state index contributed by atoms with van der Waals surface area (Å²) in [4.78, 5) is 3.47. The van der Waals surface area contributed by atoms with Gasteiger partial charge in [0, 0.05) is 30.6 Å². The van der Waals surface area contributed by atoms with Crippen LogP contribution in [0.1, 0.15) is 25.1 Å². The minimum absolute atomic E-state index is 0.398. The molecule has 1 aliphatic heterocycles. The van der Waals surface area contributed by atoms with Crippen molar-refractivity contribution in [2.75, 3.05) is 32.7 Å². The minimum Gasteiger partial charge on any atom is -0.312 e. The van der Waals surface area contributed by atoms with Gasteiger partial charge in [-0.3, -0.25) is 0 Å². The monoisotopic (exact) mass is 345 g/mol. The van der Waals surface area contributed by atoms with E-state index in [0.29, 0.717) is 29.3 Å². The zero-order chi connectivity index (χ0) is 16.2. The van der Waals surface area contributed by atoms with Gasteiger partial charge in [0.2, 0.25) is 10.0 Å². The second kappa shape index (κ2) is 7.88. The summed E-state index contributed by atoms with van der Waals surface area (Å²) in [5.41, 5.74) is 0. The molecule has 2 heterocycles. The van der Waals surface area contributed by atoms with Gasteiger partial charge in [-0.05, 0) is 44.5 Å². The van der Waals surface area contributed by atoms with E-state index >= 15 is 0 Å². The zero-order valence-corrected chi connectivity index (χ0v) is 15.3. The van der Waals surface area contributed by atoms with Crippen LogP contribution in [0.5, 0.6) is 0 Å². The smallest absolute Gasteiger partial charge is 0.250 e. The number of nitrogens with zero attached hydrogens (tertiary/aromatic N) is 1. The molecule has 1 aromatic heterocycles. The van der Waals surface area contributed by atoms with Gasteiger partial charge in [0.1, 0.15) is 4.21 Å². The molecule has 1 aliphatic rings. The van der Waals surface area contributed by atoms with E-state index in [1.165, 1.54) is 11.3 Å². The van der Waals surface area contributed by atoms with Crippen LogP contribution >= 0.6 is 11.3 Å².